The minimum Gasteiger partial charge on any atom is -0.440 e. The highest BCUT2D eigenvalue weighted by Crippen LogP contribution is 2.26. The third-order valence-electron chi connectivity index (χ3n) is 4.07. The Labute approximate surface area is 165 Å². The van der Waals surface area contributed by atoms with Gasteiger partial charge in [0.1, 0.15) is 11.5 Å². The van der Waals surface area contributed by atoms with Gasteiger partial charge in [0.05, 0.1) is 16.3 Å². The Morgan fingerprint density at radius 3 is 2.70 bits per heavy atom. The van der Waals surface area contributed by atoms with Gasteiger partial charge in [0.25, 0.3) is 0 Å². The fourth-order valence-electron chi connectivity index (χ4n) is 2.57. The van der Waals surface area contributed by atoms with Crippen LogP contribution in [0.3, 0.4) is 0 Å². The zero-order valence-corrected chi connectivity index (χ0v) is 17.0. The molecule has 27 heavy (non-hydrogen) atoms. The van der Waals surface area contributed by atoms with Gasteiger partial charge >= 0.3 is 0 Å². The van der Waals surface area contributed by atoms with Gasteiger partial charge < -0.3 is 9.73 Å². The van der Waals surface area contributed by atoms with E-state index < -0.39 is 10.8 Å². The smallest absolute Gasteiger partial charge is 0.236 e. The quantitative estimate of drug-likeness (QED) is 0.625. The normalized spacial score (nSPS) is 12.1. The zero-order chi connectivity index (χ0) is 19.2. The molecule has 0 aliphatic heterocycles. The maximum Gasteiger partial charge on any atom is 0.236 e. The highest BCUT2D eigenvalue weighted by atomic mass is 32.2. The minimum atomic E-state index is -1.33. The fraction of sp³-hybridized carbons (Fsp3) is 0.300. The predicted octanol–water partition coefficient (Wildman–Crippen LogP) is 3.63. The first-order chi connectivity index (χ1) is 13.0. The van der Waals surface area contributed by atoms with Crippen LogP contribution in [-0.2, 0) is 27.8 Å². The van der Waals surface area contributed by atoms with Gasteiger partial charge in [-0.15, -0.1) is 11.3 Å². The summed E-state index contributed by atoms with van der Waals surface area (Å²) in [4.78, 5) is 17.4. The summed E-state index contributed by atoms with van der Waals surface area (Å²) in [5.74, 6) is 1.16. The molecule has 0 saturated carbocycles. The Morgan fingerprint density at radius 1 is 1.22 bits per heavy atom. The summed E-state index contributed by atoms with van der Waals surface area (Å²) in [7, 11) is -1.33. The molecule has 2 heterocycles. The number of carbonyl (C=O) groups is 1. The lowest BCUT2D eigenvalue weighted by Gasteiger charge is -2.05. The number of oxazole rings is 1. The van der Waals surface area contributed by atoms with Gasteiger partial charge in [-0.1, -0.05) is 35.9 Å². The molecule has 1 aromatic carbocycles. The number of hydrogen-bond donors (Lipinski definition) is 1. The van der Waals surface area contributed by atoms with E-state index in [-0.39, 0.29) is 17.4 Å². The molecule has 0 radical (unpaired) electrons. The Morgan fingerprint density at radius 2 is 2.00 bits per heavy atom. The highest BCUT2D eigenvalue weighted by Gasteiger charge is 2.16. The monoisotopic (exact) mass is 402 g/mol. The molecule has 1 atom stereocenters. The van der Waals surface area contributed by atoms with Crippen molar-refractivity contribution in [2.24, 2.45) is 0 Å². The molecular formula is C20H22N2O3S2. The summed E-state index contributed by atoms with van der Waals surface area (Å²) in [5, 5.41) is 4.78. The first-order valence-electron chi connectivity index (χ1n) is 8.68. The molecule has 0 saturated heterocycles. The van der Waals surface area contributed by atoms with Crippen LogP contribution >= 0.6 is 11.3 Å². The summed E-state index contributed by atoms with van der Waals surface area (Å²) < 4.78 is 18.0. The lowest BCUT2D eigenvalue weighted by Crippen LogP contribution is -2.30. The average Bonchev–Trinajstić information content (AvgIpc) is 3.27. The number of hydrogen-bond acceptors (Lipinski definition) is 5. The van der Waals surface area contributed by atoms with E-state index in [2.05, 4.69) is 34.6 Å². The molecule has 0 bridgehead atoms. The summed E-state index contributed by atoms with van der Waals surface area (Å²) in [6.45, 7) is 4.38. The van der Waals surface area contributed by atoms with Gasteiger partial charge in [0, 0.05) is 17.3 Å². The summed E-state index contributed by atoms with van der Waals surface area (Å²) >= 11 is 1.54. The molecular weight excluding hydrogens is 380 g/mol. The number of rotatable bonds is 8. The second-order valence-corrected chi connectivity index (χ2v) is 8.72. The lowest BCUT2D eigenvalue weighted by molar-refractivity contribution is -0.118. The van der Waals surface area contributed by atoms with Gasteiger partial charge in [0.2, 0.25) is 11.8 Å². The molecule has 0 unspecified atom stereocenters. The van der Waals surface area contributed by atoms with Gasteiger partial charge in [-0.2, -0.15) is 0 Å². The van der Waals surface area contributed by atoms with Crippen LogP contribution in [-0.4, -0.2) is 27.4 Å². The van der Waals surface area contributed by atoms with E-state index in [9.17, 15) is 9.00 Å². The molecule has 3 aromatic rings. The SMILES string of the molecule is Cc1ccc(CCNC(=O)C[S@](=O)Cc2nc(-c3cccs3)oc2C)cc1. The molecule has 1 N–H and O–H groups in total. The molecule has 0 fully saturated rings. The number of carbonyl (C=O) groups excluding carboxylic acids is 1. The van der Waals surface area contributed by atoms with Crippen molar-refractivity contribution in [3.8, 4) is 10.8 Å². The second-order valence-electron chi connectivity index (χ2n) is 6.31. The van der Waals surface area contributed by atoms with E-state index in [1.165, 1.54) is 22.5 Å². The van der Waals surface area contributed by atoms with E-state index in [1.54, 1.807) is 6.92 Å². The number of nitrogens with one attached hydrogen (secondary N) is 1. The highest BCUT2D eigenvalue weighted by molar-refractivity contribution is 7.84. The predicted molar refractivity (Wildman–Crippen MR) is 109 cm³/mol. The van der Waals surface area contributed by atoms with Gasteiger partial charge in [0.15, 0.2) is 0 Å². The Balaban J connectivity index is 1.46. The van der Waals surface area contributed by atoms with E-state index in [1.807, 2.05) is 24.4 Å². The third kappa shape index (κ3) is 5.61. The zero-order valence-electron chi connectivity index (χ0n) is 15.4. The largest absolute Gasteiger partial charge is 0.440 e. The van der Waals surface area contributed by atoms with E-state index >= 15 is 0 Å². The van der Waals surface area contributed by atoms with Crippen LogP contribution in [0.1, 0.15) is 22.6 Å². The van der Waals surface area contributed by atoms with Crippen molar-refractivity contribution >= 4 is 28.0 Å². The number of aromatic nitrogens is 1. The minimum absolute atomic E-state index is 0.0332. The molecule has 0 spiro atoms. The molecule has 2 aromatic heterocycles. The van der Waals surface area contributed by atoms with E-state index in [0.29, 0.717) is 23.9 Å². The fourth-order valence-corrected chi connectivity index (χ4v) is 4.29. The number of nitrogens with zero attached hydrogens (tertiary/aromatic N) is 1. The standard InChI is InChI=1S/C20H22N2O3S2/c1-14-5-7-16(8-6-14)9-10-21-19(23)13-27(24)12-17-15(2)25-20(22-17)18-4-3-11-26-18/h3-8,11H,9-10,12-13H2,1-2H3,(H,21,23)/t27-/m1/s1. The van der Waals surface area contributed by atoms with Crippen molar-refractivity contribution in [2.75, 3.05) is 12.3 Å². The van der Waals surface area contributed by atoms with Crippen LogP contribution in [0.15, 0.2) is 46.2 Å². The first-order valence-corrected chi connectivity index (χ1v) is 11.1. The lowest BCUT2D eigenvalue weighted by atomic mass is 10.1. The van der Waals surface area contributed by atoms with Crippen LogP contribution < -0.4 is 5.32 Å². The number of amides is 1. The van der Waals surface area contributed by atoms with Crippen molar-refractivity contribution in [3.63, 3.8) is 0 Å². The molecule has 142 valence electrons. The first kappa shape index (κ1) is 19.5. The van der Waals surface area contributed by atoms with Crippen LogP contribution in [0.25, 0.3) is 10.8 Å². The second kappa shape index (κ2) is 9.10. The molecule has 1 amide bonds. The molecule has 0 aliphatic carbocycles. The number of aryl methyl sites for hydroxylation is 2. The van der Waals surface area contributed by atoms with E-state index in [4.69, 9.17) is 4.42 Å². The van der Waals surface area contributed by atoms with Crippen LogP contribution in [0.5, 0.6) is 0 Å². The number of thiophene rings is 1. The van der Waals surface area contributed by atoms with Crippen molar-refractivity contribution < 1.29 is 13.4 Å². The Hall–Kier alpha value is -2.25. The third-order valence-corrected chi connectivity index (χ3v) is 6.11. The van der Waals surface area contributed by atoms with Crippen molar-refractivity contribution in [1.82, 2.24) is 10.3 Å². The Bertz CT molecular complexity index is 915. The summed E-state index contributed by atoms with van der Waals surface area (Å²) in [5.41, 5.74) is 3.02. The molecule has 7 heteroatoms. The molecule has 0 aliphatic rings. The average molecular weight is 403 g/mol. The van der Waals surface area contributed by atoms with Crippen molar-refractivity contribution in [2.45, 2.75) is 26.0 Å². The van der Waals surface area contributed by atoms with Crippen molar-refractivity contribution in [1.29, 1.82) is 0 Å². The Kier molecular flexibility index (Phi) is 6.58. The summed E-state index contributed by atoms with van der Waals surface area (Å²) in [6, 6.07) is 12.1. The van der Waals surface area contributed by atoms with Gasteiger partial charge in [-0.05, 0) is 37.3 Å². The van der Waals surface area contributed by atoms with Gasteiger partial charge in [-0.3, -0.25) is 9.00 Å². The van der Waals surface area contributed by atoms with Crippen LogP contribution in [0.4, 0.5) is 0 Å². The molecule has 3 rings (SSSR count). The van der Waals surface area contributed by atoms with Gasteiger partial charge in [-0.25, -0.2) is 4.98 Å². The topological polar surface area (TPSA) is 72.2 Å². The van der Waals surface area contributed by atoms with E-state index in [0.717, 1.165) is 11.3 Å². The van der Waals surface area contributed by atoms with Crippen molar-refractivity contribution in [3.05, 3.63) is 64.4 Å². The summed E-state index contributed by atoms with van der Waals surface area (Å²) in [6.07, 6.45) is 0.755. The maximum atomic E-state index is 12.3. The maximum absolute atomic E-state index is 12.3. The molecule has 5 nitrogen and oxygen atoms in total. The van der Waals surface area contributed by atoms with Crippen LogP contribution in [0, 0.1) is 13.8 Å². The van der Waals surface area contributed by atoms with Crippen LogP contribution in [0.2, 0.25) is 0 Å². The number of benzene rings is 1.